The summed E-state index contributed by atoms with van der Waals surface area (Å²) >= 11 is 0. The molecule has 0 unspecified atom stereocenters. The minimum absolute atomic E-state index is 0.169. The summed E-state index contributed by atoms with van der Waals surface area (Å²) < 4.78 is 11.5. The van der Waals surface area contributed by atoms with Gasteiger partial charge in [-0.1, -0.05) is 36.4 Å². The largest absolute Gasteiger partial charge is 0.496 e. The van der Waals surface area contributed by atoms with E-state index in [0.717, 1.165) is 33.3 Å². The van der Waals surface area contributed by atoms with E-state index in [1.807, 2.05) is 68.4 Å². The number of fused-ring (bicyclic) bond motifs is 1. The van der Waals surface area contributed by atoms with E-state index < -0.39 is 0 Å². The zero-order valence-corrected chi connectivity index (χ0v) is 17.9. The van der Waals surface area contributed by atoms with Gasteiger partial charge in [-0.05, 0) is 78.2 Å². The van der Waals surface area contributed by atoms with Gasteiger partial charge < -0.3 is 14.8 Å². The maximum atomic E-state index is 12.8. The Morgan fingerprint density at radius 2 is 1.65 bits per heavy atom. The maximum Gasteiger partial charge on any atom is 0.255 e. The highest BCUT2D eigenvalue weighted by Gasteiger charge is 2.12. The molecule has 31 heavy (non-hydrogen) atoms. The molecule has 0 aliphatic carbocycles. The van der Waals surface area contributed by atoms with Gasteiger partial charge in [0.1, 0.15) is 18.1 Å². The third-order valence-corrected chi connectivity index (χ3v) is 5.42. The molecular weight excluding hydrogens is 386 g/mol. The van der Waals surface area contributed by atoms with Crippen LogP contribution in [0.15, 0.2) is 78.9 Å². The molecule has 0 spiro atoms. The van der Waals surface area contributed by atoms with Gasteiger partial charge in [-0.3, -0.25) is 4.79 Å². The Morgan fingerprint density at radius 1 is 0.839 bits per heavy atom. The van der Waals surface area contributed by atoms with Crippen LogP contribution in [-0.4, -0.2) is 13.0 Å². The predicted octanol–water partition coefficient (Wildman–Crippen LogP) is 6.30. The van der Waals surface area contributed by atoms with Crippen molar-refractivity contribution < 1.29 is 14.3 Å². The second-order valence-electron chi connectivity index (χ2n) is 7.58. The molecule has 156 valence electrons. The lowest BCUT2D eigenvalue weighted by atomic mass is 10.1. The number of methoxy groups -OCH3 is 1. The molecule has 0 bridgehead atoms. The number of carbonyl (C=O) groups excluding carboxylic acids is 1. The number of amides is 1. The zero-order valence-electron chi connectivity index (χ0n) is 17.9. The van der Waals surface area contributed by atoms with Crippen molar-refractivity contribution in [1.29, 1.82) is 0 Å². The summed E-state index contributed by atoms with van der Waals surface area (Å²) in [6, 6.07) is 25.4. The third kappa shape index (κ3) is 4.69. The molecule has 0 fully saturated rings. The zero-order chi connectivity index (χ0) is 21.8. The normalized spacial score (nSPS) is 10.7. The van der Waals surface area contributed by atoms with Crippen molar-refractivity contribution in [1.82, 2.24) is 0 Å². The van der Waals surface area contributed by atoms with Crippen LogP contribution in [0.1, 0.15) is 27.0 Å². The number of ether oxygens (including phenoxy) is 2. The first-order valence-corrected chi connectivity index (χ1v) is 10.2. The summed E-state index contributed by atoms with van der Waals surface area (Å²) in [6.45, 7) is 4.37. The molecule has 0 atom stereocenters. The second-order valence-corrected chi connectivity index (χ2v) is 7.58. The number of rotatable bonds is 6. The van der Waals surface area contributed by atoms with E-state index in [1.165, 1.54) is 5.56 Å². The lowest BCUT2D eigenvalue weighted by Crippen LogP contribution is -2.13. The molecule has 0 aliphatic heterocycles. The van der Waals surface area contributed by atoms with Gasteiger partial charge in [0.25, 0.3) is 5.91 Å². The Labute approximate surface area is 182 Å². The van der Waals surface area contributed by atoms with Crippen molar-refractivity contribution in [3.63, 3.8) is 0 Å². The number of anilines is 1. The Kier molecular flexibility index (Phi) is 5.89. The first-order chi connectivity index (χ1) is 15.0. The molecular formula is C27H25NO3. The monoisotopic (exact) mass is 411 g/mol. The van der Waals surface area contributed by atoms with Crippen LogP contribution in [-0.2, 0) is 6.61 Å². The molecule has 1 N–H and O–H groups in total. The molecule has 0 aromatic heterocycles. The fourth-order valence-corrected chi connectivity index (χ4v) is 3.47. The highest BCUT2D eigenvalue weighted by molar-refractivity contribution is 6.04. The maximum absolute atomic E-state index is 12.8. The van der Waals surface area contributed by atoms with Gasteiger partial charge in [-0.15, -0.1) is 0 Å². The minimum Gasteiger partial charge on any atom is -0.496 e. The standard InChI is InChI=1S/C27H25NO3/c1-18-8-11-24(14-19(18)2)28-27(29)22-10-13-26(30-3)23(15-22)17-31-25-12-9-20-6-4-5-7-21(20)16-25/h4-16H,17H2,1-3H3,(H,28,29). The molecule has 4 heteroatoms. The van der Waals surface area contributed by atoms with Crippen LogP contribution in [0.25, 0.3) is 10.8 Å². The molecule has 0 radical (unpaired) electrons. The van der Waals surface area contributed by atoms with Gasteiger partial charge in [-0.2, -0.15) is 0 Å². The summed E-state index contributed by atoms with van der Waals surface area (Å²) in [5.74, 6) is 1.28. The first kappa shape index (κ1) is 20.5. The van der Waals surface area contributed by atoms with E-state index in [1.54, 1.807) is 19.2 Å². The molecule has 0 aliphatic rings. The van der Waals surface area contributed by atoms with Crippen molar-refractivity contribution in [2.24, 2.45) is 0 Å². The van der Waals surface area contributed by atoms with Gasteiger partial charge in [-0.25, -0.2) is 0 Å². The summed E-state index contributed by atoms with van der Waals surface area (Å²) in [5, 5.41) is 5.25. The van der Waals surface area contributed by atoms with E-state index >= 15 is 0 Å². The average molecular weight is 412 g/mol. The summed E-state index contributed by atoms with van der Waals surface area (Å²) in [4.78, 5) is 12.8. The van der Waals surface area contributed by atoms with Gasteiger partial charge >= 0.3 is 0 Å². The van der Waals surface area contributed by atoms with Crippen LogP contribution >= 0.6 is 0 Å². The van der Waals surface area contributed by atoms with Crippen LogP contribution in [0.2, 0.25) is 0 Å². The highest BCUT2D eigenvalue weighted by Crippen LogP contribution is 2.25. The van der Waals surface area contributed by atoms with E-state index in [2.05, 4.69) is 17.4 Å². The highest BCUT2D eigenvalue weighted by atomic mass is 16.5. The van der Waals surface area contributed by atoms with E-state index in [-0.39, 0.29) is 5.91 Å². The molecule has 4 rings (SSSR count). The van der Waals surface area contributed by atoms with Crippen LogP contribution < -0.4 is 14.8 Å². The van der Waals surface area contributed by atoms with Crippen molar-refractivity contribution in [3.05, 3.63) is 101 Å². The molecule has 0 heterocycles. The van der Waals surface area contributed by atoms with Crippen molar-refractivity contribution >= 4 is 22.4 Å². The van der Waals surface area contributed by atoms with Gasteiger partial charge in [0.2, 0.25) is 0 Å². The van der Waals surface area contributed by atoms with Gasteiger partial charge in [0.05, 0.1) is 7.11 Å². The smallest absolute Gasteiger partial charge is 0.255 e. The summed E-state index contributed by atoms with van der Waals surface area (Å²) in [7, 11) is 1.61. The molecule has 0 saturated heterocycles. The molecule has 0 saturated carbocycles. The van der Waals surface area contributed by atoms with E-state index in [9.17, 15) is 4.79 Å². The first-order valence-electron chi connectivity index (χ1n) is 10.2. The number of carbonyl (C=O) groups is 1. The quantitative estimate of drug-likeness (QED) is 0.405. The van der Waals surface area contributed by atoms with Crippen molar-refractivity contribution in [2.45, 2.75) is 20.5 Å². The Bertz CT molecular complexity index is 1250. The van der Waals surface area contributed by atoms with Crippen molar-refractivity contribution in [3.8, 4) is 11.5 Å². The molecule has 1 amide bonds. The Hall–Kier alpha value is -3.79. The SMILES string of the molecule is COc1ccc(C(=O)Nc2ccc(C)c(C)c2)cc1COc1ccc2ccccc2c1. The summed E-state index contributed by atoms with van der Waals surface area (Å²) in [5.41, 5.74) is 4.46. The van der Waals surface area contributed by atoms with Crippen LogP contribution in [0.3, 0.4) is 0 Å². The molecule has 4 aromatic rings. The number of hydrogen-bond acceptors (Lipinski definition) is 3. The van der Waals surface area contributed by atoms with Gasteiger partial charge in [0, 0.05) is 16.8 Å². The Balaban J connectivity index is 1.52. The van der Waals surface area contributed by atoms with E-state index in [0.29, 0.717) is 17.9 Å². The number of nitrogens with one attached hydrogen (secondary N) is 1. The topological polar surface area (TPSA) is 47.6 Å². The third-order valence-electron chi connectivity index (χ3n) is 5.42. The van der Waals surface area contributed by atoms with E-state index in [4.69, 9.17) is 9.47 Å². The molecule has 4 nitrogen and oxygen atoms in total. The number of aryl methyl sites for hydroxylation is 2. The van der Waals surface area contributed by atoms with Crippen molar-refractivity contribution in [2.75, 3.05) is 12.4 Å². The summed E-state index contributed by atoms with van der Waals surface area (Å²) in [6.07, 6.45) is 0. The van der Waals surface area contributed by atoms with Crippen LogP contribution in [0.5, 0.6) is 11.5 Å². The lowest BCUT2D eigenvalue weighted by Gasteiger charge is -2.13. The average Bonchev–Trinajstić information content (AvgIpc) is 2.79. The minimum atomic E-state index is -0.169. The Morgan fingerprint density at radius 3 is 2.42 bits per heavy atom. The van der Waals surface area contributed by atoms with Crippen LogP contribution in [0, 0.1) is 13.8 Å². The number of benzene rings is 4. The lowest BCUT2D eigenvalue weighted by molar-refractivity contribution is 0.102. The predicted molar refractivity (Wildman–Crippen MR) is 125 cm³/mol. The van der Waals surface area contributed by atoms with Gasteiger partial charge in [0.15, 0.2) is 0 Å². The number of hydrogen-bond donors (Lipinski definition) is 1. The molecule has 4 aromatic carbocycles. The second kappa shape index (κ2) is 8.92. The fraction of sp³-hybridized carbons (Fsp3) is 0.148. The fourth-order valence-electron chi connectivity index (χ4n) is 3.47. The van der Waals surface area contributed by atoms with Crippen LogP contribution in [0.4, 0.5) is 5.69 Å².